The number of hydroxylamine groups is 1. The van der Waals surface area contributed by atoms with Crippen LogP contribution in [0.4, 0.5) is 0 Å². The summed E-state index contributed by atoms with van der Waals surface area (Å²) in [6, 6.07) is 14.9. The number of hydrogen-bond acceptors (Lipinski definition) is 12. The highest BCUT2D eigenvalue weighted by Gasteiger charge is 2.43. The number of hydrogen-bond donors (Lipinski definition) is 8. The van der Waals surface area contributed by atoms with Crippen molar-refractivity contribution < 1.29 is 43.8 Å². The Morgan fingerprint density at radius 1 is 0.750 bits per heavy atom. The smallest absolute Gasteiger partial charge is 0.327 e. The first kappa shape index (κ1) is 49.7. The minimum absolute atomic E-state index is 0.0105. The van der Waals surface area contributed by atoms with E-state index in [0.717, 1.165) is 32.4 Å². The fraction of sp³-hybridized carbons (Fsp3) is 0.476. The van der Waals surface area contributed by atoms with E-state index in [-0.39, 0.29) is 19.3 Å². The maximum Gasteiger partial charge on any atom is 0.327 e. The molecule has 0 fully saturated rings. The zero-order valence-electron chi connectivity index (χ0n) is 35.1. The van der Waals surface area contributed by atoms with Crippen LogP contribution in [0, 0.1) is 0 Å². The van der Waals surface area contributed by atoms with E-state index in [4.69, 9.17) is 18.3 Å². The molecule has 60 heavy (non-hydrogen) atoms. The molecule has 3 rings (SSSR count). The van der Waals surface area contributed by atoms with E-state index < -0.39 is 74.5 Å². The second-order valence-corrected chi connectivity index (χ2v) is 19.3. The highest BCUT2D eigenvalue weighted by atomic mass is 33.1. The lowest BCUT2D eigenvalue weighted by Crippen LogP contribution is -2.62. The molecular weight excluding hydrogens is 807 g/mol. The number of unbranched alkanes of at least 4 members (excludes halogenated alkanes) is 1. The number of rotatable bonds is 24. The average molecular weight is 865 g/mol. The number of nitrogens with two attached hydrogens (primary N) is 1. The number of carbonyl (C=O) groups is 6. The largest absolute Gasteiger partial charge is 0.497 e. The van der Waals surface area contributed by atoms with Crippen LogP contribution in [0.15, 0.2) is 66.7 Å². The van der Waals surface area contributed by atoms with Crippen molar-refractivity contribution in [3.63, 3.8) is 0 Å². The molecule has 18 heteroatoms. The minimum Gasteiger partial charge on any atom is -0.497 e. The van der Waals surface area contributed by atoms with Gasteiger partial charge in [-0.25, -0.2) is 4.79 Å². The van der Waals surface area contributed by atoms with E-state index in [1.54, 1.807) is 52.0 Å². The van der Waals surface area contributed by atoms with Crippen LogP contribution in [0.2, 0.25) is 0 Å². The Balaban J connectivity index is 1.98. The number of nitrogens with one attached hydrogen (secondary N) is 5. The van der Waals surface area contributed by atoms with Crippen molar-refractivity contribution in [2.75, 3.05) is 13.7 Å². The van der Waals surface area contributed by atoms with Crippen molar-refractivity contribution in [1.82, 2.24) is 26.7 Å². The van der Waals surface area contributed by atoms with Gasteiger partial charge in [0.1, 0.15) is 35.6 Å². The zero-order chi connectivity index (χ0) is 44.8. The van der Waals surface area contributed by atoms with E-state index >= 15 is 0 Å². The number of aliphatic carboxylic acids is 1. The van der Waals surface area contributed by atoms with Crippen LogP contribution < -0.4 is 37.2 Å². The fourth-order valence-electron chi connectivity index (χ4n) is 6.35. The van der Waals surface area contributed by atoms with Crippen LogP contribution >= 0.6 is 21.6 Å². The van der Waals surface area contributed by atoms with Gasteiger partial charge in [0.05, 0.1) is 17.4 Å². The second-order valence-electron chi connectivity index (χ2n) is 15.9. The number of fused-ring (bicyclic) bond motifs is 1. The molecule has 0 saturated carbocycles. The predicted octanol–water partition coefficient (Wildman–Crippen LogP) is 3.18. The van der Waals surface area contributed by atoms with Crippen molar-refractivity contribution in [1.29, 1.82) is 0 Å². The van der Waals surface area contributed by atoms with Crippen molar-refractivity contribution in [2.45, 2.75) is 113 Å². The molecule has 0 aliphatic carbocycles. The molecule has 0 bridgehead atoms. The first-order chi connectivity index (χ1) is 28.2. The SMILES string of the molecule is [B]C(=O)C(C)(CCCCN)NC(=O)[C@H](Cc1ccc2ccccc2c1)NC(=O)C(Cc1ccc(OC)cc1)NC(=O)C(NO)C(C)(C)SSC(C)(C)C(NC(C)=O)C(=O)O. The molecule has 0 aliphatic heterocycles. The molecule has 324 valence electrons. The third-order valence-corrected chi connectivity index (χ3v) is 14.3. The van der Waals surface area contributed by atoms with Crippen molar-refractivity contribution in [3.8, 4) is 5.75 Å². The van der Waals surface area contributed by atoms with Crippen molar-refractivity contribution in [3.05, 3.63) is 77.9 Å². The molecule has 15 nitrogen and oxygen atoms in total. The summed E-state index contributed by atoms with van der Waals surface area (Å²) < 4.78 is 3.06. The maximum atomic E-state index is 14.5. The Morgan fingerprint density at radius 3 is 1.85 bits per heavy atom. The number of benzene rings is 3. The van der Waals surface area contributed by atoms with Gasteiger partial charge in [0, 0.05) is 24.5 Å². The van der Waals surface area contributed by atoms with Crippen LogP contribution in [0.1, 0.15) is 71.9 Å². The highest BCUT2D eigenvalue weighted by Crippen LogP contribution is 2.46. The van der Waals surface area contributed by atoms with E-state index in [2.05, 4.69) is 26.7 Å². The first-order valence-electron chi connectivity index (χ1n) is 19.5. The molecule has 5 atom stereocenters. The standard InChI is InChI=1S/C42H57BN6O9S2/c1-25(50)45-34(38(54)55)41(4,5)60-59-40(2,3)33(49-57)37(53)47-31(23-26-15-18-30(58-7)19-16-26)35(51)46-32(24-27-14-17-28-12-8-9-13-29(28)22-27)36(52)48-42(6,39(43)56)20-10-11-21-44/h8-9,12-19,22,31-34,49,57H,10-11,20-21,23-24,44H2,1-7H3,(H,45,50)(H,46,51)(H,47,53)(H,48,52)(H,54,55)/t31?,32-,33?,34?,42?/m0/s1. The van der Waals surface area contributed by atoms with Crippen LogP contribution in [0.25, 0.3) is 10.8 Å². The Hall–Kier alpha value is -4.62. The Morgan fingerprint density at radius 2 is 1.30 bits per heavy atom. The topological polar surface area (TPSA) is 238 Å². The highest BCUT2D eigenvalue weighted by molar-refractivity contribution is 8.77. The number of carbonyl (C=O) groups excluding carboxylic acids is 5. The van der Waals surface area contributed by atoms with Crippen LogP contribution in [0.5, 0.6) is 5.75 Å². The molecule has 0 spiro atoms. The summed E-state index contributed by atoms with van der Waals surface area (Å²) >= 11 is 0. The maximum absolute atomic E-state index is 14.5. The third kappa shape index (κ3) is 14.3. The molecule has 0 aliphatic rings. The average Bonchev–Trinajstić information content (AvgIpc) is 3.19. The minimum atomic E-state index is -1.46. The Bertz CT molecular complexity index is 1990. The summed E-state index contributed by atoms with van der Waals surface area (Å²) in [5, 5.41) is 32.9. The third-order valence-electron chi connectivity index (χ3n) is 10.0. The molecule has 3 aromatic rings. The van der Waals surface area contributed by atoms with E-state index in [1.165, 1.54) is 21.0 Å². The molecule has 4 unspecified atom stereocenters. The molecule has 9 N–H and O–H groups in total. The van der Waals surface area contributed by atoms with Gasteiger partial charge in [-0.15, -0.1) is 0 Å². The summed E-state index contributed by atoms with van der Waals surface area (Å²) in [6.45, 7) is 9.67. The summed E-state index contributed by atoms with van der Waals surface area (Å²) in [4.78, 5) is 79.3. The summed E-state index contributed by atoms with van der Waals surface area (Å²) in [7, 11) is 9.50. The van der Waals surface area contributed by atoms with Gasteiger partial charge in [-0.3, -0.25) is 19.2 Å². The molecule has 0 aromatic heterocycles. The fourth-order valence-corrected chi connectivity index (χ4v) is 9.16. The summed E-state index contributed by atoms with van der Waals surface area (Å²) in [5.41, 5.74) is 6.85. The number of amides is 4. The van der Waals surface area contributed by atoms with Gasteiger partial charge in [0.25, 0.3) is 0 Å². The molecule has 4 amide bonds. The van der Waals surface area contributed by atoms with E-state index in [1.807, 2.05) is 42.5 Å². The summed E-state index contributed by atoms with van der Waals surface area (Å²) in [5.74, 6) is -3.41. The normalized spacial score (nSPS) is 14.8. The second kappa shape index (κ2) is 22.3. The lowest BCUT2D eigenvalue weighted by Gasteiger charge is -2.37. The van der Waals surface area contributed by atoms with Gasteiger partial charge in [-0.1, -0.05) is 76.2 Å². The van der Waals surface area contributed by atoms with E-state index in [0.29, 0.717) is 36.3 Å². The first-order valence-corrected chi connectivity index (χ1v) is 21.6. The predicted molar refractivity (Wildman–Crippen MR) is 236 cm³/mol. The van der Waals surface area contributed by atoms with Crippen LogP contribution in [0.3, 0.4) is 0 Å². The van der Waals surface area contributed by atoms with Gasteiger partial charge >= 0.3 is 5.97 Å². The van der Waals surface area contributed by atoms with Gasteiger partial charge in [-0.2, -0.15) is 5.48 Å². The Kier molecular flexibility index (Phi) is 18.5. The van der Waals surface area contributed by atoms with Crippen molar-refractivity contribution >= 4 is 75.5 Å². The van der Waals surface area contributed by atoms with Gasteiger partial charge in [-0.05, 0) is 94.5 Å². The molecule has 3 aromatic carbocycles. The molecule has 2 radical (unpaired) electrons. The lowest BCUT2D eigenvalue weighted by atomic mass is 9.79. The molecule has 0 heterocycles. The molecule has 0 saturated heterocycles. The summed E-state index contributed by atoms with van der Waals surface area (Å²) in [6.07, 6.45) is 1.28. The number of methoxy groups -OCH3 is 1. The molecular formula is C42H57BN6O9S2. The number of carboxylic acid groups (broad SMARTS) is 1. The monoisotopic (exact) mass is 864 g/mol. The zero-order valence-corrected chi connectivity index (χ0v) is 36.8. The lowest BCUT2D eigenvalue weighted by molar-refractivity contribution is -0.142. The van der Waals surface area contributed by atoms with Crippen molar-refractivity contribution in [2.24, 2.45) is 5.73 Å². The van der Waals surface area contributed by atoms with E-state index in [9.17, 15) is 39.1 Å². The number of ether oxygens (including phenoxy) is 1. The van der Waals surface area contributed by atoms with Gasteiger partial charge in [0.2, 0.25) is 23.6 Å². The van der Waals surface area contributed by atoms with Gasteiger partial charge < -0.3 is 46.8 Å². The quantitative estimate of drug-likeness (QED) is 0.0280. The Labute approximate surface area is 360 Å². The van der Waals surface area contributed by atoms with Gasteiger partial charge in [0.15, 0.2) is 7.85 Å². The van der Waals surface area contributed by atoms with Crippen LogP contribution in [-0.2, 0) is 41.6 Å². The number of carboxylic acids is 1. The van der Waals surface area contributed by atoms with Crippen LogP contribution in [-0.4, -0.2) is 106 Å².